The highest BCUT2D eigenvalue weighted by molar-refractivity contribution is 7.79. The molecule has 0 spiro atoms. The Labute approximate surface area is 159 Å². The molecule has 1 aliphatic rings. The Hall–Kier alpha value is -2.09. The molecule has 0 aromatic heterocycles. The Morgan fingerprint density at radius 1 is 1.19 bits per heavy atom. The van der Waals surface area contributed by atoms with Crippen LogP contribution in [-0.4, -0.2) is 43.6 Å². The fourth-order valence-electron chi connectivity index (χ4n) is 3.10. The molecule has 6 nitrogen and oxygen atoms in total. The van der Waals surface area contributed by atoms with Gasteiger partial charge >= 0.3 is 6.03 Å². The number of nitrogens with zero attached hydrogens (tertiary/aromatic N) is 2. The number of phenols is 1. The molecule has 26 heavy (non-hydrogen) atoms. The van der Waals surface area contributed by atoms with E-state index in [-0.39, 0.29) is 23.6 Å². The monoisotopic (exact) mass is 394 g/mol. The lowest BCUT2D eigenvalue weighted by molar-refractivity contribution is 0.220. The van der Waals surface area contributed by atoms with Crippen LogP contribution in [0.2, 0.25) is 5.02 Å². The summed E-state index contributed by atoms with van der Waals surface area (Å²) < 4.78 is 19.8. The Morgan fingerprint density at radius 3 is 2.58 bits per heavy atom. The average molecular weight is 395 g/mol. The lowest BCUT2D eigenvalue weighted by atomic mass is 10.1. The van der Waals surface area contributed by atoms with Gasteiger partial charge in [0.15, 0.2) is 11.1 Å². The predicted molar refractivity (Wildman–Crippen MR) is 102 cm³/mol. The normalized spacial score (nSPS) is 18.4. The van der Waals surface area contributed by atoms with E-state index in [0.29, 0.717) is 30.2 Å². The number of aromatic hydroxyl groups is 1. The van der Waals surface area contributed by atoms with E-state index in [4.69, 9.17) is 16.2 Å². The molecule has 0 bridgehead atoms. The van der Waals surface area contributed by atoms with Crippen molar-refractivity contribution in [2.75, 3.05) is 23.7 Å². The Bertz CT molecular complexity index is 815. The van der Waals surface area contributed by atoms with Crippen LogP contribution >= 0.6 is 11.6 Å². The topological polar surface area (TPSA) is 81.1 Å². The van der Waals surface area contributed by atoms with E-state index in [1.807, 2.05) is 6.07 Å². The van der Waals surface area contributed by atoms with Crippen molar-refractivity contribution in [1.82, 2.24) is 4.90 Å². The van der Waals surface area contributed by atoms with Crippen LogP contribution < -0.4 is 4.90 Å². The third kappa shape index (κ3) is 4.17. The first-order chi connectivity index (χ1) is 12.5. The van der Waals surface area contributed by atoms with Gasteiger partial charge < -0.3 is 14.6 Å². The van der Waals surface area contributed by atoms with Crippen LogP contribution in [0.5, 0.6) is 5.75 Å². The fraction of sp³-hybridized carbons (Fsp3) is 0.278. The number of amides is 2. The second-order valence-electron chi connectivity index (χ2n) is 6.06. The molecule has 138 valence electrons. The summed E-state index contributed by atoms with van der Waals surface area (Å²) in [4.78, 5) is 16.3. The van der Waals surface area contributed by atoms with Crippen LogP contribution in [0.3, 0.4) is 0 Å². The number of phenolic OH excluding ortho intramolecular Hbond substituents is 1. The lowest BCUT2D eigenvalue weighted by Gasteiger charge is -2.24. The van der Waals surface area contributed by atoms with Crippen molar-refractivity contribution in [3.8, 4) is 5.75 Å². The number of halogens is 1. The first-order valence-electron chi connectivity index (χ1n) is 8.16. The number of carbonyl (C=O) groups excluding carboxylic acids is 1. The van der Waals surface area contributed by atoms with Gasteiger partial charge in [0.1, 0.15) is 5.75 Å². The van der Waals surface area contributed by atoms with Gasteiger partial charge in [0.05, 0.1) is 11.8 Å². The third-order valence-electron chi connectivity index (χ3n) is 4.29. The van der Waals surface area contributed by atoms with E-state index >= 15 is 0 Å². The summed E-state index contributed by atoms with van der Waals surface area (Å²) in [6.07, 6.45) is 0.441. The predicted octanol–water partition coefficient (Wildman–Crippen LogP) is 3.64. The smallest absolute Gasteiger partial charge is 0.325 e. The first kappa shape index (κ1) is 18.7. The van der Waals surface area contributed by atoms with E-state index in [0.717, 1.165) is 5.56 Å². The molecular weight excluding hydrogens is 376 g/mol. The van der Waals surface area contributed by atoms with Gasteiger partial charge in [0.2, 0.25) is 0 Å². The van der Waals surface area contributed by atoms with Crippen molar-refractivity contribution in [1.29, 1.82) is 0 Å². The standard InChI is InChI=1S/C18H19ClN2O4S/c19-14-5-7-15(8-6-14)21-17(13-3-1-4-16(22)11-13)12-20(18(21)23)9-2-10-26(24)25/h1,3-8,11,17,22H,2,9-10,12H2,(H,24,25). The lowest BCUT2D eigenvalue weighted by Crippen LogP contribution is -2.33. The largest absolute Gasteiger partial charge is 0.508 e. The summed E-state index contributed by atoms with van der Waals surface area (Å²) in [5.41, 5.74) is 1.53. The molecule has 0 aliphatic carbocycles. The van der Waals surface area contributed by atoms with Gasteiger partial charge in [-0.25, -0.2) is 9.00 Å². The average Bonchev–Trinajstić information content (AvgIpc) is 2.92. The molecule has 0 saturated carbocycles. The number of urea groups is 1. The van der Waals surface area contributed by atoms with E-state index in [1.54, 1.807) is 52.3 Å². The SMILES string of the molecule is O=C1N(CCCS(=O)O)CC(c2cccc(O)c2)N1c1ccc(Cl)cc1. The van der Waals surface area contributed by atoms with E-state index in [9.17, 15) is 14.1 Å². The summed E-state index contributed by atoms with van der Waals surface area (Å²) >= 11 is 4.09. The van der Waals surface area contributed by atoms with Crippen LogP contribution in [0, 0.1) is 0 Å². The summed E-state index contributed by atoms with van der Waals surface area (Å²) in [6, 6.07) is 13.4. The number of hydrogen-bond acceptors (Lipinski definition) is 3. The first-order valence-corrected chi connectivity index (χ1v) is 9.81. The molecule has 2 N–H and O–H groups in total. The molecule has 1 aliphatic heterocycles. The summed E-state index contributed by atoms with van der Waals surface area (Å²) in [5, 5.41) is 10.4. The molecule has 2 atom stereocenters. The zero-order chi connectivity index (χ0) is 18.7. The number of carbonyl (C=O) groups is 1. The van der Waals surface area contributed by atoms with Crippen LogP contribution in [-0.2, 0) is 11.1 Å². The maximum absolute atomic E-state index is 13.0. The highest BCUT2D eigenvalue weighted by Crippen LogP contribution is 2.36. The van der Waals surface area contributed by atoms with Gasteiger partial charge in [-0.1, -0.05) is 23.7 Å². The molecule has 8 heteroatoms. The number of rotatable bonds is 6. The van der Waals surface area contributed by atoms with Crippen molar-refractivity contribution < 1.29 is 18.7 Å². The molecule has 1 saturated heterocycles. The third-order valence-corrected chi connectivity index (χ3v) is 5.18. The van der Waals surface area contributed by atoms with Gasteiger partial charge in [0.25, 0.3) is 0 Å². The van der Waals surface area contributed by atoms with Crippen molar-refractivity contribution in [3.05, 3.63) is 59.1 Å². The molecule has 2 aromatic rings. The molecule has 1 heterocycles. The summed E-state index contributed by atoms with van der Waals surface area (Å²) in [7, 11) is 0. The van der Waals surface area contributed by atoms with Gasteiger partial charge in [-0.3, -0.25) is 4.90 Å². The van der Waals surface area contributed by atoms with E-state index < -0.39 is 11.1 Å². The Kier molecular flexibility index (Phi) is 5.80. The van der Waals surface area contributed by atoms with E-state index in [2.05, 4.69) is 0 Å². The molecular formula is C18H19ClN2O4S. The highest BCUT2D eigenvalue weighted by Gasteiger charge is 2.38. The maximum atomic E-state index is 13.0. The van der Waals surface area contributed by atoms with Crippen LogP contribution in [0.4, 0.5) is 10.5 Å². The number of hydrogen-bond donors (Lipinski definition) is 2. The second kappa shape index (κ2) is 8.07. The summed E-state index contributed by atoms with van der Waals surface area (Å²) in [5.74, 6) is 0.266. The second-order valence-corrected chi connectivity index (χ2v) is 7.55. The molecule has 2 aromatic carbocycles. The highest BCUT2D eigenvalue weighted by atomic mass is 35.5. The van der Waals surface area contributed by atoms with Crippen molar-refractivity contribution in [2.24, 2.45) is 0 Å². The van der Waals surface area contributed by atoms with Crippen LogP contribution in [0.1, 0.15) is 18.0 Å². The van der Waals surface area contributed by atoms with Gasteiger partial charge in [-0.15, -0.1) is 0 Å². The van der Waals surface area contributed by atoms with Crippen LogP contribution in [0.25, 0.3) is 0 Å². The zero-order valence-electron chi connectivity index (χ0n) is 13.9. The Morgan fingerprint density at radius 2 is 1.92 bits per heavy atom. The minimum Gasteiger partial charge on any atom is -0.508 e. The number of benzene rings is 2. The van der Waals surface area contributed by atoms with Gasteiger partial charge in [0, 0.05) is 23.8 Å². The van der Waals surface area contributed by atoms with Crippen molar-refractivity contribution in [2.45, 2.75) is 12.5 Å². The fourth-order valence-corrected chi connectivity index (χ4v) is 3.60. The molecule has 0 radical (unpaired) electrons. The van der Waals surface area contributed by atoms with Gasteiger partial charge in [-0.05, 0) is 48.4 Å². The molecule has 2 unspecified atom stereocenters. The van der Waals surface area contributed by atoms with Crippen molar-refractivity contribution in [3.63, 3.8) is 0 Å². The minimum atomic E-state index is -1.87. The quantitative estimate of drug-likeness (QED) is 0.733. The van der Waals surface area contributed by atoms with Crippen LogP contribution in [0.15, 0.2) is 48.5 Å². The van der Waals surface area contributed by atoms with E-state index in [1.165, 1.54) is 0 Å². The Balaban J connectivity index is 1.89. The maximum Gasteiger partial charge on any atom is 0.325 e. The molecule has 2 amide bonds. The molecule has 3 rings (SSSR count). The molecule has 1 fully saturated rings. The minimum absolute atomic E-state index is 0.127. The van der Waals surface area contributed by atoms with Gasteiger partial charge in [-0.2, -0.15) is 0 Å². The summed E-state index contributed by atoms with van der Waals surface area (Å²) in [6.45, 7) is 0.827. The van der Waals surface area contributed by atoms with Crippen molar-refractivity contribution >= 4 is 34.4 Å². The zero-order valence-corrected chi connectivity index (χ0v) is 15.5. The number of anilines is 1.